The molecule has 144 valence electrons. The maximum Gasteiger partial charge on any atom is 0.303 e. The van der Waals surface area contributed by atoms with Gasteiger partial charge in [-0.15, -0.1) is 0 Å². The number of hydrogen-bond donors (Lipinski definition) is 3. The molecule has 0 unspecified atom stereocenters. The minimum atomic E-state index is -4.13. The molecule has 26 heavy (non-hydrogen) atoms. The second kappa shape index (κ2) is 12.0. The summed E-state index contributed by atoms with van der Waals surface area (Å²) in [6, 6.07) is 11.8. The van der Waals surface area contributed by atoms with Gasteiger partial charge in [0, 0.05) is 18.2 Å². The molecular formula is C18H24O7S. The van der Waals surface area contributed by atoms with Crippen molar-refractivity contribution in [3.63, 3.8) is 0 Å². The second-order valence-corrected chi connectivity index (χ2v) is 6.63. The van der Waals surface area contributed by atoms with E-state index in [0.29, 0.717) is 18.2 Å². The van der Waals surface area contributed by atoms with Crippen molar-refractivity contribution in [2.24, 2.45) is 0 Å². The Hall–Kier alpha value is -2.45. The average molecular weight is 384 g/mol. The van der Waals surface area contributed by atoms with E-state index in [0.717, 1.165) is 18.2 Å². The van der Waals surface area contributed by atoms with Gasteiger partial charge in [-0.2, -0.15) is 8.42 Å². The van der Waals surface area contributed by atoms with Crippen molar-refractivity contribution >= 4 is 32.8 Å². The van der Waals surface area contributed by atoms with Crippen molar-refractivity contribution < 1.29 is 32.8 Å². The number of aliphatic carboxylic acids is 2. The predicted molar refractivity (Wildman–Crippen MR) is 98.9 cm³/mol. The van der Waals surface area contributed by atoms with Crippen LogP contribution < -0.4 is 0 Å². The van der Waals surface area contributed by atoms with Gasteiger partial charge in [-0.25, -0.2) is 0 Å². The third kappa shape index (κ3) is 9.75. The van der Waals surface area contributed by atoms with E-state index in [1.54, 1.807) is 30.3 Å². The first-order valence-electron chi connectivity index (χ1n) is 8.02. The number of benzene rings is 2. The first-order valence-corrected chi connectivity index (χ1v) is 9.46. The summed E-state index contributed by atoms with van der Waals surface area (Å²) >= 11 is 0. The summed E-state index contributed by atoms with van der Waals surface area (Å²) in [5.41, 5.74) is 0. The third-order valence-corrected chi connectivity index (χ3v) is 3.87. The fourth-order valence-electron chi connectivity index (χ4n) is 1.85. The zero-order valence-corrected chi connectivity index (χ0v) is 15.6. The molecule has 8 heteroatoms. The summed E-state index contributed by atoms with van der Waals surface area (Å²) in [7, 11) is -4.13. The fourth-order valence-corrected chi connectivity index (χ4v) is 2.56. The van der Waals surface area contributed by atoms with Crippen molar-refractivity contribution in [2.45, 2.75) is 44.4 Å². The van der Waals surface area contributed by atoms with Crippen LogP contribution in [-0.4, -0.2) is 35.1 Å². The molecule has 7 nitrogen and oxygen atoms in total. The zero-order valence-electron chi connectivity index (χ0n) is 14.8. The van der Waals surface area contributed by atoms with Crippen molar-refractivity contribution in [2.75, 3.05) is 0 Å². The van der Waals surface area contributed by atoms with E-state index in [1.165, 1.54) is 6.07 Å². The van der Waals surface area contributed by atoms with Crippen LogP contribution in [0.5, 0.6) is 0 Å². The molecule has 2 aromatic rings. The molecule has 0 spiro atoms. The number of hydrogen-bond acceptors (Lipinski definition) is 4. The Labute approximate surface area is 153 Å². The maximum atomic E-state index is 11.0. The summed E-state index contributed by atoms with van der Waals surface area (Å²) in [5, 5.41) is 17.2. The summed E-state index contributed by atoms with van der Waals surface area (Å²) < 4.78 is 31.0. The van der Waals surface area contributed by atoms with Crippen LogP contribution >= 0.6 is 0 Å². The van der Waals surface area contributed by atoms with Gasteiger partial charge >= 0.3 is 11.9 Å². The maximum absolute atomic E-state index is 11.0. The van der Waals surface area contributed by atoms with Crippen LogP contribution in [0, 0.1) is 0 Å². The number of carbonyl (C=O) groups is 2. The lowest BCUT2D eigenvalue weighted by molar-refractivity contribution is -0.138. The highest BCUT2D eigenvalue weighted by atomic mass is 32.2. The monoisotopic (exact) mass is 384 g/mol. The largest absolute Gasteiger partial charge is 0.481 e. The molecule has 0 atom stereocenters. The van der Waals surface area contributed by atoms with Gasteiger partial charge in [-0.05, 0) is 24.3 Å². The smallest absolute Gasteiger partial charge is 0.303 e. The van der Waals surface area contributed by atoms with E-state index < -0.39 is 22.1 Å². The van der Waals surface area contributed by atoms with E-state index >= 15 is 0 Å². The quantitative estimate of drug-likeness (QED) is 0.668. The van der Waals surface area contributed by atoms with Gasteiger partial charge in [-0.3, -0.25) is 14.1 Å². The molecule has 0 aliphatic carbocycles. The summed E-state index contributed by atoms with van der Waals surface area (Å²) in [6.07, 6.45) is 2.05. The number of fused-ring (bicyclic) bond motifs is 1. The SMILES string of the molecule is CCCC(=O)O.CCCC(=O)O.O=S(=O)(O)c1cccc2ccccc12. The van der Waals surface area contributed by atoms with Gasteiger partial charge in [0.25, 0.3) is 10.1 Å². The molecule has 0 bridgehead atoms. The Kier molecular flexibility index (Phi) is 10.9. The van der Waals surface area contributed by atoms with Crippen LogP contribution in [0.15, 0.2) is 47.4 Å². The lowest BCUT2D eigenvalue weighted by Crippen LogP contribution is -1.98. The first-order chi connectivity index (χ1) is 12.1. The molecule has 3 N–H and O–H groups in total. The summed E-state index contributed by atoms with van der Waals surface area (Å²) in [6.45, 7) is 3.68. The number of carboxylic acid groups (broad SMARTS) is 2. The van der Waals surface area contributed by atoms with Crippen LogP contribution in [0.3, 0.4) is 0 Å². The molecule has 0 aliphatic rings. The molecule has 0 heterocycles. The van der Waals surface area contributed by atoms with Crippen molar-refractivity contribution in [1.29, 1.82) is 0 Å². The Morgan fingerprint density at radius 2 is 1.31 bits per heavy atom. The standard InChI is InChI=1S/C10H8O3S.2C4H8O2/c11-14(12,13)10-7-3-5-8-4-1-2-6-9(8)10;2*1-2-3-4(5)6/h1-7H,(H,11,12,13);2*2-3H2,1H3,(H,5,6). The van der Waals surface area contributed by atoms with E-state index in [-0.39, 0.29) is 4.90 Å². The van der Waals surface area contributed by atoms with Gasteiger partial charge in [0.1, 0.15) is 4.90 Å². The molecule has 0 aliphatic heterocycles. The topological polar surface area (TPSA) is 129 Å². The highest BCUT2D eigenvalue weighted by Crippen LogP contribution is 2.21. The highest BCUT2D eigenvalue weighted by Gasteiger charge is 2.12. The summed E-state index contributed by atoms with van der Waals surface area (Å²) in [4.78, 5) is 19.2. The van der Waals surface area contributed by atoms with Crippen LogP contribution in [0.4, 0.5) is 0 Å². The number of rotatable bonds is 5. The van der Waals surface area contributed by atoms with E-state index in [1.807, 2.05) is 19.9 Å². The average Bonchev–Trinajstić information content (AvgIpc) is 2.54. The molecule has 2 aromatic carbocycles. The van der Waals surface area contributed by atoms with Crippen LogP contribution in [-0.2, 0) is 19.7 Å². The lowest BCUT2D eigenvalue weighted by Gasteiger charge is -2.02. The Balaban J connectivity index is 0.000000437. The molecule has 0 fully saturated rings. The predicted octanol–water partition coefficient (Wildman–Crippen LogP) is 3.83. The van der Waals surface area contributed by atoms with Crippen LogP contribution in [0.1, 0.15) is 39.5 Å². The summed E-state index contributed by atoms with van der Waals surface area (Å²) in [5.74, 6) is -1.42. The second-order valence-electron chi connectivity index (χ2n) is 5.24. The van der Waals surface area contributed by atoms with Gasteiger partial charge in [-0.1, -0.05) is 50.2 Å². The minimum Gasteiger partial charge on any atom is -0.481 e. The van der Waals surface area contributed by atoms with Gasteiger partial charge < -0.3 is 10.2 Å². The number of carboxylic acids is 2. The van der Waals surface area contributed by atoms with Gasteiger partial charge in [0.05, 0.1) is 0 Å². The molecule has 0 radical (unpaired) electrons. The fraction of sp³-hybridized carbons (Fsp3) is 0.333. The van der Waals surface area contributed by atoms with Crippen molar-refractivity contribution in [3.05, 3.63) is 42.5 Å². The molecule has 2 rings (SSSR count). The van der Waals surface area contributed by atoms with Crippen molar-refractivity contribution in [3.8, 4) is 0 Å². The molecule has 0 aromatic heterocycles. The van der Waals surface area contributed by atoms with E-state index in [4.69, 9.17) is 14.8 Å². The lowest BCUT2D eigenvalue weighted by atomic mass is 10.1. The zero-order chi connectivity index (χ0) is 20.2. The van der Waals surface area contributed by atoms with E-state index in [2.05, 4.69) is 0 Å². The van der Waals surface area contributed by atoms with E-state index in [9.17, 15) is 18.0 Å². The minimum absolute atomic E-state index is 0.0457. The van der Waals surface area contributed by atoms with Crippen LogP contribution in [0.2, 0.25) is 0 Å². The third-order valence-electron chi connectivity index (χ3n) is 2.96. The molecule has 0 saturated heterocycles. The highest BCUT2D eigenvalue weighted by molar-refractivity contribution is 7.86. The van der Waals surface area contributed by atoms with Crippen molar-refractivity contribution in [1.82, 2.24) is 0 Å². The first kappa shape index (κ1) is 23.5. The Morgan fingerprint density at radius 3 is 1.69 bits per heavy atom. The Bertz CT molecular complexity index is 792. The van der Waals surface area contributed by atoms with Crippen LogP contribution in [0.25, 0.3) is 10.8 Å². The molecular weight excluding hydrogens is 360 g/mol. The molecule has 0 saturated carbocycles. The normalized spacial score (nSPS) is 10.1. The van der Waals surface area contributed by atoms with Gasteiger partial charge in [0.2, 0.25) is 0 Å². The van der Waals surface area contributed by atoms with Gasteiger partial charge in [0.15, 0.2) is 0 Å². The molecule has 0 amide bonds. The Morgan fingerprint density at radius 1 is 0.846 bits per heavy atom.